The van der Waals surface area contributed by atoms with E-state index in [1.807, 2.05) is 17.8 Å². The first-order chi connectivity index (χ1) is 8.62. The molecule has 4 nitrogen and oxygen atoms in total. The largest absolute Gasteiger partial charge is 0.250 e. The number of nitriles is 1. The molecule has 2 rings (SSSR count). The van der Waals surface area contributed by atoms with Crippen molar-refractivity contribution in [2.45, 2.75) is 17.1 Å². The Hall–Kier alpha value is -0.550. The lowest BCUT2D eigenvalue weighted by Crippen LogP contribution is -2.30. The average Bonchev–Trinajstić information content (AvgIpc) is 2.87. The van der Waals surface area contributed by atoms with Crippen molar-refractivity contribution in [3.05, 3.63) is 17.0 Å². The first kappa shape index (κ1) is 13.9. The van der Waals surface area contributed by atoms with Crippen LogP contribution in [0, 0.1) is 17.2 Å². The van der Waals surface area contributed by atoms with Gasteiger partial charge >= 0.3 is 0 Å². The van der Waals surface area contributed by atoms with Crippen LogP contribution in [0.15, 0.2) is 16.3 Å². The summed E-state index contributed by atoms with van der Waals surface area (Å²) in [6.45, 7) is 0.503. The third-order valence-electron chi connectivity index (χ3n) is 2.86. The maximum Gasteiger partial charge on any atom is 0.250 e. The summed E-state index contributed by atoms with van der Waals surface area (Å²) in [5.74, 6) is 2.67. The average molecular weight is 302 g/mol. The molecule has 18 heavy (non-hydrogen) atoms. The number of nitrogens with zero attached hydrogens (tertiary/aromatic N) is 1. The highest BCUT2D eigenvalue weighted by Gasteiger charge is 2.20. The van der Waals surface area contributed by atoms with Crippen molar-refractivity contribution in [3.8, 4) is 6.07 Å². The Morgan fingerprint density at radius 2 is 2.11 bits per heavy atom. The van der Waals surface area contributed by atoms with Gasteiger partial charge < -0.3 is 0 Å². The minimum Gasteiger partial charge on any atom is -0.210 e. The fraction of sp³-hybridized carbons (Fsp3) is 0.545. The molecule has 0 radical (unpaired) electrons. The molecule has 1 aromatic heterocycles. The first-order valence-electron chi connectivity index (χ1n) is 5.69. The van der Waals surface area contributed by atoms with E-state index in [-0.39, 0.29) is 4.21 Å². The molecule has 0 spiro atoms. The lowest BCUT2D eigenvalue weighted by Gasteiger charge is -2.21. The number of nitrogens with one attached hydrogen (secondary N) is 1. The maximum absolute atomic E-state index is 12.0. The van der Waals surface area contributed by atoms with E-state index in [0.29, 0.717) is 17.3 Å². The highest BCUT2D eigenvalue weighted by molar-refractivity contribution is 7.99. The summed E-state index contributed by atoms with van der Waals surface area (Å²) in [5.41, 5.74) is 0. The summed E-state index contributed by atoms with van der Waals surface area (Å²) < 4.78 is 26.9. The van der Waals surface area contributed by atoms with Crippen LogP contribution in [-0.2, 0) is 10.0 Å². The highest BCUT2D eigenvalue weighted by atomic mass is 32.2. The van der Waals surface area contributed by atoms with Crippen LogP contribution in [0.4, 0.5) is 0 Å². The van der Waals surface area contributed by atoms with E-state index in [9.17, 15) is 8.42 Å². The second-order valence-corrected chi connectivity index (χ2v) is 8.44. The number of hydrogen-bond acceptors (Lipinski definition) is 5. The van der Waals surface area contributed by atoms with E-state index < -0.39 is 10.0 Å². The summed E-state index contributed by atoms with van der Waals surface area (Å²) in [6.07, 6.45) is 2.14. The predicted molar refractivity (Wildman–Crippen MR) is 74.3 cm³/mol. The van der Waals surface area contributed by atoms with Crippen molar-refractivity contribution in [1.29, 1.82) is 5.26 Å². The van der Waals surface area contributed by atoms with Crippen LogP contribution in [0.1, 0.15) is 17.7 Å². The fourth-order valence-electron chi connectivity index (χ4n) is 1.77. The molecule has 2 heterocycles. The molecule has 7 heteroatoms. The lowest BCUT2D eigenvalue weighted by atomic mass is 10.0. The van der Waals surface area contributed by atoms with Crippen LogP contribution in [-0.4, -0.2) is 26.5 Å². The standard InChI is InChI=1S/C11H14N2O2S3/c12-7-10-1-2-11(17-10)18(14,15)13-8-9-3-5-16-6-4-9/h1-2,9,13H,3-6,8H2. The third kappa shape index (κ3) is 3.48. The molecule has 1 fully saturated rings. The van der Waals surface area contributed by atoms with Gasteiger partial charge in [-0.25, -0.2) is 13.1 Å². The number of thiophene rings is 1. The smallest absolute Gasteiger partial charge is 0.210 e. The van der Waals surface area contributed by atoms with E-state index in [4.69, 9.17) is 5.26 Å². The zero-order valence-electron chi connectivity index (χ0n) is 9.76. The minimum atomic E-state index is -3.44. The van der Waals surface area contributed by atoms with Crippen molar-refractivity contribution < 1.29 is 8.42 Å². The Morgan fingerprint density at radius 1 is 1.39 bits per heavy atom. The summed E-state index contributed by atoms with van der Waals surface area (Å²) in [6, 6.07) is 4.98. The van der Waals surface area contributed by atoms with Gasteiger partial charge in [0.15, 0.2) is 0 Å². The van der Waals surface area contributed by atoms with Gasteiger partial charge in [0.1, 0.15) is 15.2 Å². The SMILES string of the molecule is N#Cc1ccc(S(=O)(=O)NCC2CCSCC2)s1. The zero-order chi connectivity index (χ0) is 13.0. The number of hydrogen-bond donors (Lipinski definition) is 1. The Labute approximate surface area is 115 Å². The van der Waals surface area contributed by atoms with Crippen molar-refractivity contribution >= 4 is 33.1 Å². The topological polar surface area (TPSA) is 70.0 Å². The molecule has 0 aromatic carbocycles. The minimum absolute atomic E-state index is 0.226. The Bertz CT molecular complexity index is 539. The first-order valence-corrected chi connectivity index (χ1v) is 9.14. The molecule has 0 saturated carbocycles. The summed E-state index contributed by atoms with van der Waals surface area (Å²) >= 11 is 2.93. The predicted octanol–water partition coefficient (Wildman–Crippen LogP) is 2.04. The molecule has 0 amide bonds. The van der Waals surface area contributed by atoms with Gasteiger partial charge in [0.05, 0.1) is 0 Å². The number of sulfonamides is 1. The summed E-state index contributed by atoms with van der Waals surface area (Å²) in [7, 11) is -3.44. The van der Waals surface area contributed by atoms with Crippen LogP contribution < -0.4 is 4.72 Å². The molecule has 1 N–H and O–H groups in total. The zero-order valence-corrected chi connectivity index (χ0v) is 12.2. The van der Waals surface area contributed by atoms with Gasteiger partial charge in [0.2, 0.25) is 10.0 Å². The number of rotatable bonds is 4. The van der Waals surface area contributed by atoms with E-state index in [1.165, 1.54) is 12.1 Å². The van der Waals surface area contributed by atoms with E-state index in [0.717, 1.165) is 35.7 Å². The summed E-state index contributed by atoms with van der Waals surface area (Å²) in [5, 5.41) is 8.69. The quantitative estimate of drug-likeness (QED) is 0.924. The van der Waals surface area contributed by atoms with Crippen LogP contribution in [0.5, 0.6) is 0 Å². The van der Waals surface area contributed by atoms with Gasteiger partial charge in [-0.1, -0.05) is 0 Å². The van der Waals surface area contributed by atoms with Crippen molar-refractivity contribution in [2.75, 3.05) is 18.1 Å². The Morgan fingerprint density at radius 3 is 2.72 bits per heavy atom. The van der Waals surface area contributed by atoms with Gasteiger partial charge in [-0.15, -0.1) is 11.3 Å². The van der Waals surface area contributed by atoms with Crippen LogP contribution in [0.2, 0.25) is 0 Å². The van der Waals surface area contributed by atoms with Crippen LogP contribution in [0.3, 0.4) is 0 Å². The van der Waals surface area contributed by atoms with Crippen LogP contribution >= 0.6 is 23.1 Å². The molecule has 0 aliphatic carbocycles. The molecule has 1 aromatic rings. The second-order valence-electron chi connectivity index (χ2n) is 4.14. The molecular formula is C11H14N2O2S3. The molecule has 98 valence electrons. The molecule has 0 atom stereocenters. The van der Waals surface area contributed by atoms with Crippen LogP contribution in [0.25, 0.3) is 0 Å². The highest BCUT2D eigenvalue weighted by Crippen LogP contribution is 2.24. The van der Waals surface area contributed by atoms with Gasteiger partial charge in [-0.05, 0) is 42.4 Å². The van der Waals surface area contributed by atoms with E-state index in [1.54, 1.807) is 0 Å². The Balaban J connectivity index is 1.96. The second kappa shape index (κ2) is 6.06. The van der Waals surface area contributed by atoms with Gasteiger partial charge in [0, 0.05) is 6.54 Å². The van der Waals surface area contributed by atoms with Crippen molar-refractivity contribution in [1.82, 2.24) is 4.72 Å². The van der Waals surface area contributed by atoms with Gasteiger partial charge in [-0.2, -0.15) is 17.0 Å². The molecule has 0 bridgehead atoms. The molecule has 1 aliphatic rings. The lowest BCUT2D eigenvalue weighted by molar-refractivity contribution is 0.477. The molecule has 0 unspecified atom stereocenters. The third-order valence-corrected chi connectivity index (χ3v) is 6.81. The molecule has 1 aliphatic heterocycles. The summed E-state index contributed by atoms with van der Waals surface area (Å²) in [4.78, 5) is 0.421. The van der Waals surface area contributed by atoms with Crippen molar-refractivity contribution in [3.63, 3.8) is 0 Å². The molecule has 1 saturated heterocycles. The maximum atomic E-state index is 12.0. The number of thioether (sulfide) groups is 1. The van der Waals surface area contributed by atoms with Gasteiger partial charge in [-0.3, -0.25) is 0 Å². The molecular weight excluding hydrogens is 288 g/mol. The van der Waals surface area contributed by atoms with E-state index >= 15 is 0 Å². The van der Waals surface area contributed by atoms with E-state index in [2.05, 4.69) is 4.72 Å². The fourth-order valence-corrected chi connectivity index (χ4v) is 5.24. The normalized spacial score (nSPS) is 17.5. The van der Waals surface area contributed by atoms with Crippen molar-refractivity contribution in [2.24, 2.45) is 5.92 Å². The van der Waals surface area contributed by atoms with Gasteiger partial charge in [0.25, 0.3) is 0 Å². The Kier molecular flexibility index (Phi) is 4.67. The monoisotopic (exact) mass is 302 g/mol.